The number of halogens is 1. The third kappa shape index (κ3) is 2.57. The highest BCUT2D eigenvalue weighted by Crippen LogP contribution is 2.27. The molecule has 0 bridgehead atoms. The largest absolute Gasteiger partial charge is 0.400 e. The van der Waals surface area contributed by atoms with Gasteiger partial charge in [-0.15, -0.1) is 0 Å². The van der Waals surface area contributed by atoms with Crippen LogP contribution in [-0.4, -0.2) is 10.5 Å². The summed E-state index contributed by atoms with van der Waals surface area (Å²) < 4.78 is 15.8. The van der Waals surface area contributed by atoms with Gasteiger partial charge in [-0.25, -0.2) is 4.21 Å². The van der Waals surface area contributed by atoms with Gasteiger partial charge in [-0.1, -0.05) is 30.3 Å². The third-order valence-corrected chi connectivity index (χ3v) is 2.17. The topological polar surface area (TPSA) is 26.3 Å². The van der Waals surface area contributed by atoms with Crippen molar-refractivity contribution in [2.24, 2.45) is 0 Å². The molecule has 0 spiro atoms. The molecule has 13 heavy (non-hydrogen) atoms. The second-order valence-corrected chi connectivity index (χ2v) is 3.72. The minimum absolute atomic E-state index is 0.489. The zero-order chi connectivity index (χ0) is 9.84. The Morgan fingerprint density at radius 2 is 2.31 bits per heavy atom. The smallest absolute Gasteiger partial charge is 0.203 e. The lowest BCUT2D eigenvalue weighted by atomic mass is 10.2. The van der Waals surface area contributed by atoms with Crippen LogP contribution in [0.1, 0.15) is 5.56 Å². The van der Waals surface area contributed by atoms with E-state index in [1.807, 2.05) is 0 Å². The van der Waals surface area contributed by atoms with Crippen molar-refractivity contribution >= 4 is 28.8 Å². The molecular weight excluding hydrogens is 208 g/mol. The van der Waals surface area contributed by atoms with Gasteiger partial charge in [0.1, 0.15) is 5.75 Å². The fourth-order valence-electron chi connectivity index (χ4n) is 0.914. The lowest BCUT2D eigenvalue weighted by Gasteiger charge is -2.06. The van der Waals surface area contributed by atoms with E-state index >= 15 is 0 Å². The molecule has 0 fully saturated rings. The van der Waals surface area contributed by atoms with Crippen LogP contribution in [0.5, 0.6) is 5.75 Å². The molecule has 2 nitrogen and oxygen atoms in total. The first kappa shape index (κ1) is 10.3. The van der Waals surface area contributed by atoms with Crippen molar-refractivity contribution in [2.45, 2.75) is 0 Å². The molecule has 1 unspecified atom stereocenters. The van der Waals surface area contributed by atoms with Crippen LogP contribution in [-0.2, 0) is 11.1 Å². The predicted octanol–water partition coefficient (Wildman–Crippen LogP) is 2.66. The van der Waals surface area contributed by atoms with Gasteiger partial charge in [0.25, 0.3) is 0 Å². The molecule has 1 aromatic rings. The first-order valence-electron chi connectivity index (χ1n) is 3.58. The molecule has 1 rings (SSSR count). The summed E-state index contributed by atoms with van der Waals surface area (Å²) in [7, 11) is 0. The summed E-state index contributed by atoms with van der Waals surface area (Å²) in [5.41, 5.74) is 0.666. The molecule has 0 aliphatic rings. The van der Waals surface area contributed by atoms with Crippen LogP contribution >= 0.6 is 11.6 Å². The molecule has 0 saturated heterocycles. The van der Waals surface area contributed by atoms with Crippen molar-refractivity contribution in [2.75, 3.05) is 6.26 Å². The zero-order valence-electron chi connectivity index (χ0n) is 7.12. The molecule has 0 N–H and O–H groups in total. The SMILES string of the molecule is C=Cc1c(Cl)cccc1OS(C)=O. The highest BCUT2D eigenvalue weighted by molar-refractivity contribution is 7.79. The van der Waals surface area contributed by atoms with E-state index in [2.05, 4.69) is 6.58 Å². The Balaban J connectivity index is 3.12. The van der Waals surface area contributed by atoms with Gasteiger partial charge in [0.2, 0.25) is 11.1 Å². The molecule has 0 amide bonds. The minimum Gasteiger partial charge on any atom is -0.400 e. The molecule has 0 aliphatic heterocycles. The molecule has 0 radical (unpaired) electrons. The van der Waals surface area contributed by atoms with Crippen molar-refractivity contribution in [3.63, 3.8) is 0 Å². The fourth-order valence-corrected chi connectivity index (χ4v) is 1.56. The molecule has 4 heteroatoms. The van der Waals surface area contributed by atoms with Crippen LogP contribution in [0.3, 0.4) is 0 Å². The summed E-state index contributed by atoms with van der Waals surface area (Å²) in [5.74, 6) is 0.489. The summed E-state index contributed by atoms with van der Waals surface area (Å²) >= 11 is 4.52. The first-order valence-corrected chi connectivity index (χ1v) is 5.44. The van der Waals surface area contributed by atoms with Gasteiger partial charge in [-0.2, -0.15) is 0 Å². The maximum atomic E-state index is 10.8. The molecule has 1 aromatic carbocycles. The van der Waals surface area contributed by atoms with Crippen LogP contribution in [0, 0.1) is 0 Å². The molecule has 70 valence electrons. The van der Waals surface area contributed by atoms with Crippen molar-refractivity contribution in [1.82, 2.24) is 0 Å². The van der Waals surface area contributed by atoms with Gasteiger partial charge in [-0.05, 0) is 12.1 Å². The predicted molar refractivity (Wildman–Crippen MR) is 56.2 cm³/mol. The maximum absolute atomic E-state index is 10.8. The van der Waals surface area contributed by atoms with Crippen LogP contribution in [0.15, 0.2) is 24.8 Å². The Bertz CT molecular complexity index is 349. The molecule has 0 heterocycles. The second-order valence-electron chi connectivity index (χ2n) is 2.34. The Kier molecular flexibility index (Phi) is 3.51. The van der Waals surface area contributed by atoms with Crippen LogP contribution in [0.25, 0.3) is 6.08 Å². The number of rotatable bonds is 3. The molecule has 0 aromatic heterocycles. The lowest BCUT2D eigenvalue weighted by Crippen LogP contribution is -1.98. The van der Waals surface area contributed by atoms with Gasteiger partial charge in [-0.3, -0.25) is 0 Å². The first-order chi connectivity index (χ1) is 6.15. The van der Waals surface area contributed by atoms with E-state index < -0.39 is 11.1 Å². The van der Waals surface area contributed by atoms with Gasteiger partial charge >= 0.3 is 0 Å². The Hall–Kier alpha value is -0.800. The fraction of sp³-hybridized carbons (Fsp3) is 0.111. The normalized spacial score (nSPS) is 12.2. The highest BCUT2D eigenvalue weighted by Gasteiger charge is 2.05. The van der Waals surface area contributed by atoms with Crippen LogP contribution < -0.4 is 4.18 Å². The van der Waals surface area contributed by atoms with Crippen molar-refractivity contribution in [3.05, 3.63) is 35.4 Å². The van der Waals surface area contributed by atoms with Gasteiger partial charge < -0.3 is 4.18 Å². The van der Waals surface area contributed by atoms with Gasteiger partial charge in [0.05, 0.1) is 5.02 Å². The molecule has 1 atom stereocenters. The summed E-state index contributed by atoms with van der Waals surface area (Å²) in [4.78, 5) is 0. The zero-order valence-corrected chi connectivity index (χ0v) is 8.69. The Morgan fingerprint density at radius 1 is 1.62 bits per heavy atom. The lowest BCUT2D eigenvalue weighted by molar-refractivity contribution is 0.567. The number of hydrogen-bond donors (Lipinski definition) is 0. The van der Waals surface area contributed by atoms with Gasteiger partial charge in [0, 0.05) is 11.8 Å². The average molecular weight is 217 g/mol. The summed E-state index contributed by atoms with van der Waals surface area (Å²) in [6.07, 6.45) is 3.03. The van der Waals surface area contributed by atoms with E-state index in [0.29, 0.717) is 16.3 Å². The monoisotopic (exact) mass is 216 g/mol. The van der Waals surface area contributed by atoms with Crippen LogP contribution in [0.4, 0.5) is 0 Å². The second kappa shape index (κ2) is 4.44. The highest BCUT2D eigenvalue weighted by atomic mass is 35.5. The Morgan fingerprint density at radius 3 is 2.85 bits per heavy atom. The molecule has 0 saturated carbocycles. The summed E-state index contributed by atoms with van der Waals surface area (Å²) in [5, 5.41) is 0.540. The van der Waals surface area contributed by atoms with E-state index in [9.17, 15) is 4.21 Å². The van der Waals surface area contributed by atoms with E-state index in [-0.39, 0.29) is 0 Å². The average Bonchev–Trinajstić information content (AvgIpc) is 2.03. The standard InChI is InChI=1S/C9H9ClO2S/c1-3-7-8(10)5-4-6-9(7)12-13(2)11/h3-6H,1H2,2H3. The van der Waals surface area contributed by atoms with E-state index in [1.165, 1.54) is 6.26 Å². The van der Waals surface area contributed by atoms with E-state index in [1.54, 1.807) is 24.3 Å². The number of hydrogen-bond acceptors (Lipinski definition) is 2. The van der Waals surface area contributed by atoms with E-state index in [4.69, 9.17) is 15.8 Å². The van der Waals surface area contributed by atoms with Crippen LogP contribution in [0.2, 0.25) is 5.02 Å². The third-order valence-electron chi connectivity index (χ3n) is 1.42. The number of benzene rings is 1. The minimum atomic E-state index is -1.34. The molecule has 0 aliphatic carbocycles. The van der Waals surface area contributed by atoms with Crippen molar-refractivity contribution < 1.29 is 8.39 Å². The Labute approximate surface area is 84.8 Å². The summed E-state index contributed by atoms with van der Waals surface area (Å²) in [6, 6.07) is 5.16. The summed E-state index contributed by atoms with van der Waals surface area (Å²) in [6.45, 7) is 3.60. The molecular formula is C9H9ClO2S. The maximum Gasteiger partial charge on any atom is 0.203 e. The van der Waals surface area contributed by atoms with Crippen molar-refractivity contribution in [3.8, 4) is 5.75 Å². The van der Waals surface area contributed by atoms with E-state index in [0.717, 1.165) is 0 Å². The quantitative estimate of drug-likeness (QED) is 0.777. The van der Waals surface area contributed by atoms with Gasteiger partial charge in [0.15, 0.2) is 0 Å². The van der Waals surface area contributed by atoms with Crippen molar-refractivity contribution in [1.29, 1.82) is 0 Å².